The van der Waals surface area contributed by atoms with Crippen molar-refractivity contribution in [1.82, 2.24) is 4.90 Å². The van der Waals surface area contributed by atoms with Crippen LogP contribution in [0.25, 0.3) is 0 Å². The monoisotopic (exact) mass is 296 g/mol. The number of fused-ring (bicyclic) bond motifs is 1. The Morgan fingerprint density at radius 1 is 1.30 bits per heavy atom. The van der Waals surface area contributed by atoms with E-state index in [1.54, 1.807) is 0 Å². The van der Waals surface area contributed by atoms with Gasteiger partial charge in [-0.05, 0) is 18.1 Å². The summed E-state index contributed by atoms with van der Waals surface area (Å²) in [5, 5.41) is 0. The average molecular weight is 296 g/mol. The number of para-hydroxylation sites is 1. The maximum absolute atomic E-state index is 11.4. The topological polar surface area (TPSA) is 40.6 Å². The van der Waals surface area contributed by atoms with E-state index in [1.807, 2.05) is 6.07 Å². The third-order valence-electron chi connectivity index (χ3n) is 4.00. The Balaban J connectivity index is 2.22. The van der Waals surface area contributed by atoms with E-state index in [9.17, 15) is 8.42 Å². The molecule has 1 aromatic rings. The normalized spacial score (nSPS) is 20.6. The third kappa shape index (κ3) is 3.73. The van der Waals surface area contributed by atoms with Crippen LogP contribution < -0.4 is 4.90 Å². The van der Waals surface area contributed by atoms with Crippen LogP contribution in [0, 0.1) is 0 Å². The zero-order valence-corrected chi connectivity index (χ0v) is 13.4. The van der Waals surface area contributed by atoms with Gasteiger partial charge in [-0.2, -0.15) is 0 Å². The highest BCUT2D eigenvalue weighted by Crippen LogP contribution is 2.26. The van der Waals surface area contributed by atoms with Gasteiger partial charge in [0.1, 0.15) is 9.84 Å². The predicted octanol–water partition coefficient (Wildman–Crippen LogP) is 1.76. The van der Waals surface area contributed by atoms with Crippen molar-refractivity contribution in [3.63, 3.8) is 0 Å². The molecule has 1 heterocycles. The molecule has 112 valence electrons. The lowest BCUT2D eigenvalue weighted by Gasteiger charge is -2.30. The first kappa shape index (κ1) is 15.3. The van der Waals surface area contributed by atoms with Gasteiger partial charge in [0.25, 0.3) is 0 Å². The van der Waals surface area contributed by atoms with E-state index in [-0.39, 0.29) is 5.75 Å². The molecule has 1 atom stereocenters. The summed E-state index contributed by atoms with van der Waals surface area (Å²) in [5.74, 6) is 0.232. The van der Waals surface area contributed by atoms with E-state index in [1.165, 1.54) is 17.5 Å². The quantitative estimate of drug-likeness (QED) is 0.849. The number of anilines is 1. The first-order chi connectivity index (χ1) is 9.40. The summed E-state index contributed by atoms with van der Waals surface area (Å²) in [4.78, 5) is 4.59. The SMILES string of the molecule is CC[C@H]1CN(C)c2ccccc2CN1CCS(C)(=O)=O. The van der Waals surface area contributed by atoms with Crippen LogP contribution >= 0.6 is 0 Å². The summed E-state index contributed by atoms with van der Waals surface area (Å²) < 4.78 is 22.9. The minimum atomic E-state index is -2.91. The number of benzene rings is 1. The van der Waals surface area contributed by atoms with Gasteiger partial charge < -0.3 is 4.90 Å². The number of rotatable bonds is 4. The molecular weight excluding hydrogens is 272 g/mol. The molecule has 1 aliphatic heterocycles. The van der Waals surface area contributed by atoms with Crippen LogP contribution in [-0.2, 0) is 16.4 Å². The summed E-state index contributed by atoms with van der Waals surface area (Å²) in [5.41, 5.74) is 2.53. The first-order valence-electron chi connectivity index (χ1n) is 7.11. The van der Waals surface area contributed by atoms with E-state index in [4.69, 9.17) is 0 Å². The molecule has 0 amide bonds. The maximum Gasteiger partial charge on any atom is 0.148 e. The number of hydrogen-bond donors (Lipinski definition) is 0. The second kappa shape index (κ2) is 6.14. The van der Waals surface area contributed by atoms with E-state index in [0.29, 0.717) is 12.6 Å². The van der Waals surface area contributed by atoms with Crippen molar-refractivity contribution in [2.45, 2.75) is 25.9 Å². The van der Waals surface area contributed by atoms with Crippen LogP contribution in [0.5, 0.6) is 0 Å². The molecule has 0 radical (unpaired) electrons. The molecule has 0 unspecified atom stereocenters. The fraction of sp³-hybridized carbons (Fsp3) is 0.600. The molecule has 4 nitrogen and oxygen atoms in total. The minimum Gasteiger partial charge on any atom is -0.373 e. The Kier molecular flexibility index (Phi) is 4.70. The highest BCUT2D eigenvalue weighted by atomic mass is 32.2. The van der Waals surface area contributed by atoms with Crippen LogP contribution in [0.2, 0.25) is 0 Å². The Morgan fingerprint density at radius 2 is 2.00 bits per heavy atom. The fourth-order valence-corrected chi connectivity index (χ4v) is 3.39. The average Bonchev–Trinajstić information content (AvgIpc) is 2.53. The first-order valence-corrected chi connectivity index (χ1v) is 9.17. The van der Waals surface area contributed by atoms with Gasteiger partial charge in [0, 0.05) is 44.7 Å². The number of likely N-dealkylation sites (N-methyl/N-ethyl adjacent to an activating group) is 1. The third-order valence-corrected chi connectivity index (χ3v) is 4.92. The maximum atomic E-state index is 11.4. The number of nitrogens with zero attached hydrogens (tertiary/aromatic N) is 2. The van der Waals surface area contributed by atoms with Crippen LogP contribution in [0.1, 0.15) is 18.9 Å². The molecule has 0 saturated carbocycles. The van der Waals surface area contributed by atoms with Crippen LogP contribution in [0.15, 0.2) is 24.3 Å². The molecule has 0 bridgehead atoms. The highest BCUT2D eigenvalue weighted by molar-refractivity contribution is 7.90. The summed E-state index contributed by atoms with van der Waals surface area (Å²) in [6.45, 7) is 4.55. The molecule has 0 fully saturated rings. The molecule has 2 rings (SSSR count). The van der Waals surface area contributed by atoms with Crippen molar-refractivity contribution in [2.24, 2.45) is 0 Å². The van der Waals surface area contributed by atoms with Gasteiger partial charge in [0.05, 0.1) is 5.75 Å². The van der Waals surface area contributed by atoms with E-state index in [0.717, 1.165) is 19.5 Å². The number of hydrogen-bond acceptors (Lipinski definition) is 4. The molecule has 0 N–H and O–H groups in total. The smallest absolute Gasteiger partial charge is 0.148 e. The second-order valence-corrected chi connectivity index (χ2v) is 7.93. The molecule has 5 heteroatoms. The van der Waals surface area contributed by atoms with Crippen molar-refractivity contribution >= 4 is 15.5 Å². The molecule has 0 aliphatic carbocycles. The number of sulfone groups is 1. The lowest BCUT2D eigenvalue weighted by molar-refractivity contribution is 0.202. The zero-order chi connectivity index (χ0) is 14.8. The highest BCUT2D eigenvalue weighted by Gasteiger charge is 2.25. The van der Waals surface area contributed by atoms with Crippen molar-refractivity contribution < 1.29 is 8.42 Å². The van der Waals surface area contributed by atoms with Gasteiger partial charge in [0.2, 0.25) is 0 Å². The standard InChI is InChI=1S/C15H24N2O2S/c1-4-14-12-16(2)15-8-6-5-7-13(15)11-17(14)9-10-20(3,18)19/h5-8,14H,4,9-12H2,1-3H3/t14-/m0/s1. The van der Waals surface area contributed by atoms with E-state index < -0.39 is 9.84 Å². The van der Waals surface area contributed by atoms with Gasteiger partial charge in [-0.15, -0.1) is 0 Å². The van der Waals surface area contributed by atoms with Crippen molar-refractivity contribution in [3.05, 3.63) is 29.8 Å². The van der Waals surface area contributed by atoms with Crippen molar-refractivity contribution in [2.75, 3.05) is 37.0 Å². The van der Waals surface area contributed by atoms with Crippen molar-refractivity contribution in [1.29, 1.82) is 0 Å². The molecule has 0 saturated heterocycles. The fourth-order valence-electron chi connectivity index (χ4n) is 2.83. The largest absolute Gasteiger partial charge is 0.373 e. The molecule has 1 aliphatic rings. The Labute approximate surface area is 122 Å². The summed E-state index contributed by atoms with van der Waals surface area (Å²) in [7, 11) is -0.801. The van der Waals surface area contributed by atoms with Gasteiger partial charge in [-0.25, -0.2) is 8.42 Å². The summed E-state index contributed by atoms with van der Waals surface area (Å²) >= 11 is 0. The second-order valence-electron chi connectivity index (χ2n) is 5.67. The van der Waals surface area contributed by atoms with E-state index in [2.05, 4.69) is 42.0 Å². The van der Waals surface area contributed by atoms with Gasteiger partial charge in [-0.1, -0.05) is 25.1 Å². The van der Waals surface area contributed by atoms with Crippen LogP contribution in [0.3, 0.4) is 0 Å². The molecule has 0 spiro atoms. The summed E-state index contributed by atoms with van der Waals surface area (Å²) in [6.07, 6.45) is 2.34. The van der Waals surface area contributed by atoms with Crippen molar-refractivity contribution in [3.8, 4) is 0 Å². The lowest BCUT2D eigenvalue weighted by Crippen LogP contribution is -2.41. The molecule has 1 aromatic carbocycles. The predicted molar refractivity (Wildman–Crippen MR) is 83.9 cm³/mol. The Hall–Kier alpha value is -1.07. The molecule has 20 heavy (non-hydrogen) atoms. The van der Waals surface area contributed by atoms with Gasteiger partial charge in [0.15, 0.2) is 0 Å². The Bertz CT molecular complexity index is 557. The van der Waals surface area contributed by atoms with E-state index >= 15 is 0 Å². The Morgan fingerprint density at radius 3 is 2.65 bits per heavy atom. The molecular formula is C15H24N2O2S. The van der Waals surface area contributed by atoms with Gasteiger partial charge in [-0.3, -0.25) is 4.90 Å². The lowest BCUT2D eigenvalue weighted by atomic mass is 10.1. The minimum absolute atomic E-state index is 0.232. The zero-order valence-electron chi connectivity index (χ0n) is 12.5. The summed E-state index contributed by atoms with van der Waals surface area (Å²) in [6, 6.07) is 8.78. The van der Waals surface area contributed by atoms with Gasteiger partial charge >= 0.3 is 0 Å². The van der Waals surface area contributed by atoms with Crippen LogP contribution in [0.4, 0.5) is 5.69 Å². The molecule has 0 aromatic heterocycles. The van der Waals surface area contributed by atoms with Crippen LogP contribution in [-0.4, -0.2) is 51.5 Å².